The van der Waals surface area contributed by atoms with E-state index in [1.54, 1.807) is 11.8 Å². The number of aryl methyl sites for hydroxylation is 1. The zero-order chi connectivity index (χ0) is 17.3. The normalized spacial score (nSPS) is 17.4. The molecule has 0 bridgehead atoms. The van der Waals surface area contributed by atoms with Crippen molar-refractivity contribution >= 4 is 17.0 Å². The van der Waals surface area contributed by atoms with Crippen molar-refractivity contribution in [3.63, 3.8) is 0 Å². The number of piperazine rings is 1. The zero-order valence-electron chi connectivity index (χ0n) is 13.9. The summed E-state index contributed by atoms with van der Waals surface area (Å²) in [5.74, 6) is 0.198. The average molecular weight is 334 g/mol. The minimum atomic E-state index is -0.370. The Morgan fingerprint density at radius 3 is 2.79 bits per heavy atom. The third-order valence-corrected chi connectivity index (χ3v) is 4.48. The maximum atomic E-state index is 12.9. The molecule has 1 saturated heterocycles. The van der Waals surface area contributed by atoms with E-state index in [0.717, 1.165) is 6.42 Å². The lowest BCUT2D eigenvalue weighted by molar-refractivity contribution is 0.0524. The van der Waals surface area contributed by atoms with Gasteiger partial charge in [-0.25, -0.2) is 4.98 Å². The number of furan rings is 1. The largest absolute Gasteiger partial charge is 0.442 e. The molecule has 0 saturated carbocycles. The topological polar surface area (TPSA) is 103 Å². The van der Waals surface area contributed by atoms with Crippen LogP contribution in [-0.4, -0.2) is 69.6 Å². The van der Waals surface area contributed by atoms with Crippen molar-refractivity contribution < 1.29 is 14.3 Å². The monoisotopic (exact) mass is 334 g/mol. The molecule has 3 rings (SSSR count). The van der Waals surface area contributed by atoms with Crippen LogP contribution in [0.4, 0.5) is 0 Å². The van der Waals surface area contributed by atoms with Gasteiger partial charge in [0.25, 0.3) is 11.5 Å². The second-order valence-corrected chi connectivity index (χ2v) is 6.10. The fourth-order valence-electron chi connectivity index (χ4n) is 3.03. The molecule has 1 aliphatic heterocycles. The summed E-state index contributed by atoms with van der Waals surface area (Å²) in [7, 11) is 0. The van der Waals surface area contributed by atoms with Gasteiger partial charge in [0.15, 0.2) is 0 Å². The molecule has 1 amide bonds. The van der Waals surface area contributed by atoms with Gasteiger partial charge in [-0.3, -0.25) is 14.5 Å². The number of carbonyl (C=O) groups is 1. The fraction of sp³-hybridized carbons (Fsp3) is 0.562. The van der Waals surface area contributed by atoms with E-state index in [2.05, 4.69) is 14.9 Å². The number of aliphatic hydroxyl groups is 1. The van der Waals surface area contributed by atoms with Gasteiger partial charge in [-0.1, -0.05) is 6.92 Å². The summed E-state index contributed by atoms with van der Waals surface area (Å²) < 4.78 is 5.46. The molecule has 1 atom stereocenters. The number of hydrogen-bond donors (Lipinski definition) is 2. The van der Waals surface area contributed by atoms with E-state index in [1.807, 2.05) is 6.92 Å². The Labute approximate surface area is 139 Å². The van der Waals surface area contributed by atoms with Crippen LogP contribution in [0, 0.1) is 6.92 Å². The van der Waals surface area contributed by atoms with Crippen molar-refractivity contribution in [3.8, 4) is 0 Å². The molecule has 1 fully saturated rings. The molecule has 0 spiro atoms. The molecular weight excluding hydrogens is 312 g/mol. The summed E-state index contributed by atoms with van der Waals surface area (Å²) in [5, 5.41) is 9.95. The van der Waals surface area contributed by atoms with Crippen molar-refractivity contribution in [1.29, 1.82) is 0 Å². The minimum absolute atomic E-state index is 0.185. The van der Waals surface area contributed by atoms with Crippen LogP contribution in [0.5, 0.6) is 0 Å². The van der Waals surface area contributed by atoms with Gasteiger partial charge in [-0.15, -0.1) is 0 Å². The molecule has 24 heavy (non-hydrogen) atoms. The molecule has 2 N–H and O–H groups in total. The van der Waals surface area contributed by atoms with Crippen molar-refractivity contribution in [3.05, 3.63) is 28.0 Å². The highest BCUT2D eigenvalue weighted by molar-refractivity contribution is 6.06. The molecule has 2 aromatic rings. The molecule has 3 heterocycles. The summed E-state index contributed by atoms with van der Waals surface area (Å²) >= 11 is 0. The standard InChI is InChI=1S/C16H22N4O4/c1-3-11(21)8-19-4-6-20(7-5-19)16(23)12-10(2)24-15-13(12)14(22)17-9-18-15/h9,11,21H,3-8H2,1-2H3,(H,17,18,22)/t11-/m0/s1. The van der Waals surface area contributed by atoms with E-state index in [0.29, 0.717) is 44.0 Å². The van der Waals surface area contributed by atoms with Gasteiger partial charge < -0.3 is 19.4 Å². The quantitative estimate of drug-likeness (QED) is 0.836. The van der Waals surface area contributed by atoms with Crippen molar-refractivity contribution in [2.75, 3.05) is 32.7 Å². The van der Waals surface area contributed by atoms with Crippen LogP contribution in [0.25, 0.3) is 11.1 Å². The highest BCUT2D eigenvalue weighted by Gasteiger charge is 2.28. The average Bonchev–Trinajstić information content (AvgIpc) is 2.92. The zero-order valence-corrected chi connectivity index (χ0v) is 13.9. The molecule has 1 aliphatic rings. The number of nitrogens with zero attached hydrogens (tertiary/aromatic N) is 3. The number of carbonyl (C=O) groups excluding carboxylic acids is 1. The Morgan fingerprint density at radius 2 is 2.12 bits per heavy atom. The molecule has 0 unspecified atom stereocenters. The van der Waals surface area contributed by atoms with E-state index in [-0.39, 0.29) is 28.7 Å². The van der Waals surface area contributed by atoms with Crippen LogP contribution in [0.1, 0.15) is 29.5 Å². The Balaban J connectivity index is 1.77. The molecule has 8 heteroatoms. The number of rotatable bonds is 4. The number of H-pyrrole nitrogens is 1. The van der Waals surface area contributed by atoms with E-state index in [9.17, 15) is 14.7 Å². The van der Waals surface area contributed by atoms with Crippen LogP contribution >= 0.6 is 0 Å². The summed E-state index contributed by atoms with van der Waals surface area (Å²) in [5.41, 5.74) is 0.107. The van der Waals surface area contributed by atoms with E-state index >= 15 is 0 Å². The van der Waals surface area contributed by atoms with Crippen LogP contribution in [0.3, 0.4) is 0 Å². The number of nitrogens with one attached hydrogen (secondary N) is 1. The lowest BCUT2D eigenvalue weighted by Crippen LogP contribution is -2.50. The summed E-state index contributed by atoms with van der Waals surface area (Å²) in [4.78, 5) is 35.2. The lowest BCUT2D eigenvalue weighted by Gasteiger charge is -2.35. The van der Waals surface area contributed by atoms with Gasteiger partial charge in [-0.05, 0) is 13.3 Å². The van der Waals surface area contributed by atoms with Crippen molar-refractivity contribution in [2.24, 2.45) is 0 Å². The third-order valence-electron chi connectivity index (χ3n) is 4.48. The first kappa shape index (κ1) is 16.7. The maximum absolute atomic E-state index is 12.9. The van der Waals surface area contributed by atoms with Crippen molar-refractivity contribution in [2.45, 2.75) is 26.4 Å². The number of aliphatic hydroxyl groups excluding tert-OH is 1. The van der Waals surface area contributed by atoms with Crippen molar-refractivity contribution in [1.82, 2.24) is 19.8 Å². The molecule has 130 valence electrons. The summed E-state index contributed by atoms with van der Waals surface area (Å²) in [6.07, 6.45) is 1.64. The highest BCUT2D eigenvalue weighted by Crippen LogP contribution is 2.22. The smallest absolute Gasteiger partial charge is 0.262 e. The van der Waals surface area contributed by atoms with E-state index in [4.69, 9.17) is 4.42 Å². The lowest BCUT2D eigenvalue weighted by atomic mass is 10.1. The van der Waals surface area contributed by atoms with Crippen LogP contribution in [-0.2, 0) is 0 Å². The molecule has 0 aromatic carbocycles. The SMILES string of the molecule is CC[C@H](O)CN1CCN(C(=O)c2c(C)oc3nc[nH]c(=O)c23)CC1. The number of aromatic amines is 1. The molecule has 0 radical (unpaired) electrons. The Hall–Kier alpha value is -2.19. The van der Waals surface area contributed by atoms with E-state index in [1.165, 1.54) is 6.33 Å². The van der Waals surface area contributed by atoms with E-state index < -0.39 is 0 Å². The van der Waals surface area contributed by atoms with Gasteiger partial charge in [0.2, 0.25) is 5.71 Å². The van der Waals surface area contributed by atoms with Gasteiger partial charge in [0.05, 0.1) is 18.0 Å². The van der Waals surface area contributed by atoms with Gasteiger partial charge in [0.1, 0.15) is 11.1 Å². The van der Waals surface area contributed by atoms with Crippen LogP contribution in [0.15, 0.2) is 15.5 Å². The number of hydrogen-bond acceptors (Lipinski definition) is 6. The number of fused-ring (bicyclic) bond motifs is 1. The number of β-amino-alcohol motifs (C(OH)–C–C–N with tert-alkyl or cyclic N) is 1. The Morgan fingerprint density at radius 1 is 1.42 bits per heavy atom. The second kappa shape index (κ2) is 6.74. The Bertz CT molecular complexity index is 789. The van der Waals surface area contributed by atoms with Gasteiger partial charge in [0, 0.05) is 32.7 Å². The first-order chi connectivity index (χ1) is 11.5. The van der Waals surface area contributed by atoms with Crippen LogP contribution in [0.2, 0.25) is 0 Å². The molecule has 2 aromatic heterocycles. The predicted octanol–water partition coefficient (Wildman–Crippen LogP) is 0.353. The Kier molecular flexibility index (Phi) is 4.68. The van der Waals surface area contributed by atoms with Gasteiger partial charge in [-0.2, -0.15) is 0 Å². The molecular formula is C16H22N4O4. The summed E-state index contributed by atoms with van der Waals surface area (Å²) in [6, 6.07) is 0. The fourth-order valence-corrected chi connectivity index (χ4v) is 3.03. The number of amides is 1. The highest BCUT2D eigenvalue weighted by atomic mass is 16.3. The van der Waals surface area contributed by atoms with Gasteiger partial charge >= 0.3 is 0 Å². The molecule has 8 nitrogen and oxygen atoms in total. The first-order valence-corrected chi connectivity index (χ1v) is 8.17. The third kappa shape index (κ3) is 3.07. The number of aromatic nitrogens is 2. The molecule has 0 aliphatic carbocycles. The maximum Gasteiger partial charge on any atom is 0.262 e. The first-order valence-electron chi connectivity index (χ1n) is 8.17. The summed E-state index contributed by atoms with van der Waals surface area (Å²) in [6.45, 7) is 6.75. The minimum Gasteiger partial charge on any atom is -0.442 e. The second-order valence-electron chi connectivity index (χ2n) is 6.10. The van der Waals surface area contributed by atoms with Crippen LogP contribution < -0.4 is 5.56 Å². The predicted molar refractivity (Wildman–Crippen MR) is 88.0 cm³/mol.